The Kier molecular flexibility index (Phi) is 4.87. The van der Waals surface area contributed by atoms with Gasteiger partial charge in [-0.25, -0.2) is 0 Å². The van der Waals surface area contributed by atoms with Gasteiger partial charge in [0.1, 0.15) is 6.10 Å². The molecule has 2 aliphatic heterocycles. The van der Waals surface area contributed by atoms with Crippen LogP contribution in [-0.2, 0) is 4.74 Å². The Balaban J connectivity index is 1.72. The van der Waals surface area contributed by atoms with Crippen LogP contribution >= 0.6 is 0 Å². The van der Waals surface area contributed by atoms with Gasteiger partial charge in [0.05, 0.1) is 6.04 Å². The third-order valence-corrected chi connectivity index (χ3v) is 4.76. The Labute approximate surface area is 126 Å². The Morgan fingerprint density at radius 3 is 2.90 bits per heavy atom. The van der Waals surface area contributed by atoms with Crippen molar-refractivity contribution < 1.29 is 9.26 Å². The van der Waals surface area contributed by atoms with Crippen molar-refractivity contribution in [3.63, 3.8) is 0 Å². The molecule has 0 amide bonds. The summed E-state index contributed by atoms with van der Waals surface area (Å²) in [6, 6.07) is 0.946. The van der Waals surface area contributed by atoms with Crippen molar-refractivity contribution in [3.05, 3.63) is 11.7 Å². The molecule has 0 bridgehead atoms. The van der Waals surface area contributed by atoms with Gasteiger partial charge >= 0.3 is 0 Å². The molecule has 1 N–H and O–H groups in total. The summed E-state index contributed by atoms with van der Waals surface area (Å²) in [6.45, 7) is 5.45. The van der Waals surface area contributed by atoms with E-state index in [-0.39, 0.29) is 6.10 Å². The maximum atomic E-state index is 5.56. The van der Waals surface area contributed by atoms with E-state index in [9.17, 15) is 0 Å². The number of hydrogen-bond donors (Lipinski definition) is 1. The van der Waals surface area contributed by atoms with Gasteiger partial charge in [0, 0.05) is 13.2 Å². The normalized spacial score (nSPS) is 26.3. The molecule has 6 heteroatoms. The second kappa shape index (κ2) is 6.85. The number of nitrogens with zero attached hydrogens (tertiary/aromatic N) is 3. The lowest BCUT2D eigenvalue weighted by Gasteiger charge is -2.34. The Morgan fingerprint density at radius 1 is 1.38 bits per heavy atom. The summed E-state index contributed by atoms with van der Waals surface area (Å²) < 4.78 is 11.0. The lowest BCUT2D eigenvalue weighted by Crippen LogP contribution is -2.42. The van der Waals surface area contributed by atoms with Crippen molar-refractivity contribution in [3.8, 4) is 0 Å². The van der Waals surface area contributed by atoms with Crippen molar-refractivity contribution in [2.75, 3.05) is 26.7 Å². The number of nitrogens with one attached hydrogen (secondary N) is 1. The Morgan fingerprint density at radius 2 is 2.19 bits per heavy atom. The molecule has 2 atom stereocenters. The Bertz CT molecular complexity index is 441. The molecule has 21 heavy (non-hydrogen) atoms. The molecule has 118 valence electrons. The van der Waals surface area contributed by atoms with Crippen molar-refractivity contribution >= 4 is 0 Å². The van der Waals surface area contributed by atoms with Crippen LogP contribution in [-0.4, -0.2) is 47.8 Å². The zero-order chi connectivity index (χ0) is 14.7. The SMILES string of the molecule is CCC(OC)c1noc(C2CCCN2C2CCNCC2)n1. The first-order valence-corrected chi connectivity index (χ1v) is 8.16. The number of rotatable bonds is 5. The first-order valence-electron chi connectivity index (χ1n) is 8.16. The molecule has 0 aliphatic carbocycles. The van der Waals surface area contributed by atoms with Gasteiger partial charge in [0.2, 0.25) is 11.7 Å². The molecular formula is C15H26N4O2. The molecular weight excluding hydrogens is 268 g/mol. The number of piperidine rings is 1. The van der Waals surface area contributed by atoms with Crippen molar-refractivity contribution in [1.29, 1.82) is 0 Å². The molecule has 3 heterocycles. The molecule has 0 aromatic carbocycles. The van der Waals surface area contributed by atoms with Gasteiger partial charge in [-0.1, -0.05) is 12.1 Å². The van der Waals surface area contributed by atoms with Crippen LogP contribution in [0.3, 0.4) is 0 Å². The van der Waals surface area contributed by atoms with Crippen LogP contribution in [0.25, 0.3) is 0 Å². The van der Waals surface area contributed by atoms with Crippen LogP contribution in [0, 0.1) is 0 Å². The molecule has 0 spiro atoms. The number of methoxy groups -OCH3 is 1. The highest BCUT2D eigenvalue weighted by molar-refractivity contribution is 5.00. The molecule has 0 saturated carbocycles. The van der Waals surface area contributed by atoms with E-state index in [2.05, 4.69) is 27.3 Å². The van der Waals surface area contributed by atoms with Crippen LogP contribution in [0.5, 0.6) is 0 Å². The maximum Gasteiger partial charge on any atom is 0.244 e. The van der Waals surface area contributed by atoms with Gasteiger partial charge < -0.3 is 14.6 Å². The predicted molar refractivity (Wildman–Crippen MR) is 78.9 cm³/mol. The topological polar surface area (TPSA) is 63.4 Å². The van der Waals surface area contributed by atoms with Crippen molar-refractivity contribution in [1.82, 2.24) is 20.4 Å². The predicted octanol–water partition coefficient (Wildman–Crippen LogP) is 2.06. The van der Waals surface area contributed by atoms with Gasteiger partial charge in [-0.3, -0.25) is 4.90 Å². The van der Waals surface area contributed by atoms with Gasteiger partial charge in [-0.05, 0) is 51.7 Å². The smallest absolute Gasteiger partial charge is 0.244 e. The van der Waals surface area contributed by atoms with E-state index in [1.807, 2.05) is 0 Å². The van der Waals surface area contributed by atoms with Crippen LogP contribution in [0.15, 0.2) is 4.52 Å². The summed E-state index contributed by atoms with van der Waals surface area (Å²) in [5, 5.41) is 7.56. The molecule has 2 unspecified atom stereocenters. The van der Waals surface area contributed by atoms with Gasteiger partial charge in [-0.2, -0.15) is 4.98 Å². The molecule has 6 nitrogen and oxygen atoms in total. The highest BCUT2D eigenvalue weighted by Gasteiger charge is 2.36. The van der Waals surface area contributed by atoms with Crippen LogP contribution in [0.4, 0.5) is 0 Å². The van der Waals surface area contributed by atoms with Gasteiger partial charge in [0.15, 0.2) is 0 Å². The van der Waals surface area contributed by atoms with E-state index in [1.165, 1.54) is 19.3 Å². The second-order valence-corrected chi connectivity index (χ2v) is 6.00. The molecule has 3 rings (SSSR count). The summed E-state index contributed by atoms with van der Waals surface area (Å²) in [5.41, 5.74) is 0. The minimum atomic E-state index is -0.0590. The fraction of sp³-hybridized carbons (Fsp3) is 0.867. The molecule has 1 aromatic heterocycles. The monoisotopic (exact) mass is 294 g/mol. The lowest BCUT2D eigenvalue weighted by atomic mass is 10.0. The summed E-state index contributed by atoms with van der Waals surface area (Å²) >= 11 is 0. The zero-order valence-corrected chi connectivity index (χ0v) is 13.0. The van der Waals surface area contributed by atoms with Gasteiger partial charge in [-0.15, -0.1) is 0 Å². The van der Waals surface area contributed by atoms with Crippen molar-refractivity contribution in [2.45, 2.75) is 57.2 Å². The summed E-state index contributed by atoms with van der Waals surface area (Å²) in [7, 11) is 1.70. The third kappa shape index (κ3) is 3.12. The fourth-order valence-corrected chi connectivity index (χ4v) is 3.60. The van der Waals surface area contributed by atoms with Crippen LogP contribution in [0.1, 0.15) is 62.9 Å². The summed E-state index contributed by atoms with van der Waals surface area (Å²) in [5.74, 6) is 1.46. The van der Waals surface area contributed by atoms with E-state index in [1.54, 1.807) is 7.11 Å². The maximum absolute atomic E-state index is 5.56. The van der Waals surface area contributed by atoms with E-state index in [0.29, 0.717) is 17.9 Å². The first-order chi connectivity index (χ1) is 10.3. The molecule has 1 aromatic rings. The largest absolute Gasteiger partial charge is 0.373 e. The number of ether oxygens (including phenoxy) is 1. The average Bonchev–Trinajstić information content (AvgIpc) is 3.18. The quantitative estimate of drug-likeness (QED) is 0.897. The average molecular weight is 294 g/mol. The molecule has 2 fully saturated rings. The minimum absolute atomic E-state index is 0.0590. The van der Waals surface area contributed by atoms with E-state index < -0.39 is 0 Å². The zero-order valence-electron chi connectivity index (χ0n) is 13.0. The minimum Gasteiger partial charge on any atom is -0.373 e. The van der Waals surface area contributed by atoms with Crippen molar-refractivity contribution in [2.24, 2.45) is 0 Å². The summed E-state index contributed by atoms with van der Waals surface area (Å²) in [4.78, 5) is 7.19. The standard InChI is InChI=1S/C15H26N4O2/c1-3-13(20-2)14-17-15(21-18-14)12-5-4-10-19(12)11-6-8-16-9-7-11/h11-13,16H,3-10H2,1-2H3. The van der Waals surface area contributed by atoms with Crippen LogP contribution < -0.4 is 5.32 Å². The third-order valence-electron chi connectivity index (χ3n) is 4.76. The second-order valence-electron chi connectivity index (χ2n) is 6.00. The van der Waals surface area contributed by atoms with Gasteiger partial charge in [0.25, 0.3) is 0 Å². The lowest BCUT2D eigenvalue weighted by molar-refractivity contribution is 0.0902. The molecule has 0 radical (unpaired) electrons. The van der Waals surface area contributed by atoms with E-state index in [4.69, 9.17) is 9.26 Å². The number of aromatic nitrogens is 2. The first kappa shape index (κ1) is 14.9. The number of likely N-dealkylation sites (tertiary alicyclic amines) is 1. The molecule has 2 saturated heterocycles. The summed E-state index contributed by atoms with van der Waals surface area (Å²) in [6.07, 6.45) is 5.57. The van der Waals surface area contributed by atoms with Crippen LogP contribution in [0.2, 0.25) is 0 Å². The van der Waals surface area contributed by atoms with E-state index in [0.717, 1.165) is 38.4 Å². The Hall–Kier alpha value is -0.980. The van der Waals surface area contributed by atoms with E-state index >= 15 is 0 Å². The molecule has 2 aliphatic rings. The highest BCUT2D eigenvalue weighted by atomic mass is 16.5. The number of hydrogen-bond acceptors (Lipinski definition) is 6. The highest BCUT2D eigenvalue weighted by Crippen LogP contribution is 2.35. The fourth-order valence-electron chi connectivity index (χ4n) is 3.60.